The number of hydrazone groups is 1. The minimum atomic E-state index is -0.580. The Balaban J connectivity index is 1.73. The molecule has 1 aromatic heterocycles. The van der Waals surface area contributed by atoms with Gasteiger partial charge in [0.25, 0.3) is 11.5 Å². The first-order chi connectivity index (χ1) is 17.0. The van der Waals surface area contributed by atoms with Crippen molar-refractivity contribution in [2.24, 2.45) is 5.10 Å². The molecule has 0 bridgehead atoms. The maximum absolute atomic E-state index is 13.1. The summed E-state index contributed by atoms with van der Waals surface area (Å²) >= 11 is 5.90. The van der Waals surface area contributed by atoms with Gasteiger partial charge in [0, 0.05) is 16.7 Å². The molecule has 0 atom stereocenters. The van der Waals surface area contributed by atoms with Crippen LogP contribution in [0.3, 0.4) is 0 Å². The van der Waals surface area contributed by atoms with Crippen LogP contribution in [0.15, 0.2) is 88.8 Å². The van der Waals surface area contributed by atoms with Crippen LogP contribution in [0.4, 0.5) is 0 Å². The Kier molecular flexibility index (Phi) is 7.23. The minimum absolute atomic E-state index is 0.0267. The average molecular weight is 489 g/mol. The lowest BCUT2D eigenvalue weighted by Crippen LogP contribution is -2.28. The highest BCUT2D eigenvalue weighted by atomic mass is 35.5. The first-order valence-electron chi connectivity index (χ1n) is 10.5. The van der Waals surface area contributed by atoms with Gasteiger partial charge in [-0.15, -0.1) is 0 Å². The van der Waals surface area contributed by atoms with Crippen molar-refractivity contribution in [1.29, 1.82) is 0 Å². The van der Waals surface area contributed by atoms with Crippen molar-refractivity contribution in [1.82, 2.24) is 15.2 Å². The summed E-state index contributed by atoms with van der Waals surface area (Å²) in [6.45, 7) is 0. The SMILES string of the molecule is COc1ccc(-c2cc(=O)n(-c3ccc(OC)cc3)nc2C(=O)N/N=C/c2ccc(Cl)cc2)cc1. The van der Waals surface area contributed by atoms with E-state index in [0.717, 1.165) is 10.2 Å². The highest BCUT2D eigenvalue weighted by Crippen LogP contribution is 2.24. The molecule has 4 aromatic rings. The van der Waals surface area contributed by atoms with E-state index < -0.39 is 11.5 Å². The molecule has 4 rings (SSSR count). The normalized spacial score (nSPS) is 10.8. The van der Waals surface area contributed by atoms with Crippen molar-refractivity contribution in [3.05, 3.63) is 105 Å². The number of aromatic nitrogens is 2. The summed E-state index contributed by atoms with van der Waals surface area (Å²) in [6.07, 6.45) is 1.49. The molecule has 0 fully saturated rings. The van der Waals surface area contributed by atoms with Gasteiger partial charge in [0.2, 0.25) is 0 Å². The van der Waals surface area contributed by atoms with Crippen molar-refractivity contribution < 1.29 is 14.3 Å². The molecular weight excluding hydrogens is 468 g/mol. The maximum atomic E-state index is 13.1. The highest BCUT2D eigenvalue weighted by Gasteiger charge is 2.18. The Labute approximate surface area is 206 Å². The Bertz CT molecular complexity index is 1410. The second-order valence-corrected chi connectivity index (χ2v) is 7.77. The van der Waals surface area contributed by atoms with Crippen LogP contribution in [0.25, 0.3) is 16.8 Å². The summed E-state index contributed by atoms with van der Waals surface area (Å²) in [5.41, 5.74) is 4.34. The average Bonchev–Trinajstić information content (AvgIpc) is 2.89. The standard InChI is InChI=1S/C26H21ClN4O4/c1-34-21-11-5-18(6-12-21)23-15-24(32)31(20-9-13-22(35-2)14-10-20)30-25(23)26(33)29-28-16-17-3-7-19(27)8-4-17/h3-16H,1-2H3,(H,29,33)/b28-16+. The van der Waals surface area contributed by atoms with Crippen LogP contribution in [-0.4, -0.2) is 36.1 Å². The minimum Gasteiger partial charge on any atom is -0.497 e. The van der Waals surface area contributed by atoms with Crippen molar-refractivity contribution in [2.75, 3.05) is 14.2 Å². The van der Waals surface area contributed by atoms with Crippen LogP contribution in [-0.2, 0) is 0 Å². The van der Waals surface area contributed by atoms with E-state index >= 15 is 0 Å². The Morgan fingerprint density at radius 2 is 1.54 bits per heavy atom. The molecule has 1 heterocycles. The summed E-state index contributed by atoms with van der Waals surface area (Å²) in [6, 6.07) is 22.1. The number of rotatable bonds is 7. The topological polar surface area (TPSA) is 94.8 Å². The van der Waals surface area contributed by atoms with E-state index in [9.17, 15) is 9.59 Å². The molecule has 3 aromatic carbocycles. The molecule has 0 radical (unpaired) electrons. The highest BCUT2D eigenvalue weighted by molar-refractivity contribution is 6.30. The largest absolute Gasteiger partial charge is 0.497 e. The molecule has 9 heteroatoms. The Hall–Kier alpha value is -4.43. The fourth-order valence-corrected chi connectivity index (χ4v) is 3.42. The number of amides is 1. The monoisotopic (exact) mass is 488 g/mol. The van der Waals surface area contributed by atoms with Crippen LogP contribution in [0, 0.1) is 0 Å². The van der Waals surface area contributed by atoms with Gasteiger partial charge in [0.1, 0.15) is 11.5 Å². The number of nitrogens with one attached hydrogen (secondary N) is 1. The molecule has 1 N–H and O–H groups in total. The lowest BCUT2D eigenvalue weighted by atomic mass is 10.0. The second kappa shape index (κ2) is 10.7. The van der Waals surface area contributed by atoms with E-state index in [1.807, 2.05) is 0 Å². The molecular formula is C26H21ClN4O4. The van der Waals surface area contributed by atoms with Gasteiger partial charge in [-0.1, -0.05) is 35.9 Å². The van der Waals surface area contributed by atoms with Gasteiger partial charge < -0.3 is 9.47 Å². The van der Waals surface area contributed by atoms with Crippen LogP contribution in [0.2, 0.25) is 5.02 Å². The number of carbonyl (C=O) groups excluding carboxylic acids is 1. The lowest BCUT2D eigenvalue weighted by Gasteiger charge is -2.12. The van der Waals surface area contributed by atoms with E-state index in [1.54, 1.807) is 87.0 Å². The van der Waals surface area contributed by atoms with E-state index in [0.29, 0.717) is 33.3 Å². The summed E-state index contributed by atoms with van der Waals surface area (Å²) in [7, 11) is 3.11. The van der Waals surface area contributed by atoms with Gasteiger partial charge in [-0.2, -0.15) is 14.9 Å². The van der Waals surface area contributed by atoms with Crippen LogP contribution in [0.5, 0.6) is 11.5 Å². The molecule has 0 aliphatic carbocycles. The van der Waals surface area contributed by atoms with Crippen LogP contribution < -0.4 is 20.5 Å². The fourth-order valence-electron chi connectivity index (χ4n) is 3.29. The summed E-state index contributed by atoms with van der Waals surface area (Å²) < 4.78 is 11.5. The fraction of sp³-hybridized carbons (Fsp3) is 0.0769. The van der Waals surface area contributed by atoms with Gasteiger partial charge in [-0.05, 0) is 59.7 Å². The second-order valence-electron chi connectivity index (χ2n) is 7.33. The number of halogens is 1. The van der Waals surface area contributed by atoms with E-state index in [1.165, 1.54) is 12.3 Å². The van der Waals surface area contributed by atoms with E-state index in [-0.39, 0.29) is 5.69 Å². The van der Waals surface area contributed by atoms with Crippen LogP contribution in [0.1, 0.15) is 16.1 Å². The van der Waals surface area contributed by atoms with Gasteiger partial charge >= 0.3 is 0 Å². The number of benzene rings is 3. The van der Waals surface area contributed by atoms with Gasteiger partial charge in [0.05, 0.1) is 26.1 Å². The first-order valence-corrected chi connectivity index (χ1v) is 10.9. The first kappa shape index (κ1) is 23.7. The van der Waals surface area contributed by atoms with Gasteiger partial charge in [-0.3, -0.25) is 9.59 Å². The number of nitrogens with zero attached hydrogens (tertiary/aromatic N) is 3. The zero-order chi connectivity index (χ0) is 24.8. The molecule has 0 aliphatic heterocycles. The number of hydrogen-bond acceptors (Lipinski definition) is 6. The van der Waals surface area contributed by atoms with Crippen molar-refractivity contribution >= 4 is 23.7 Å². The van der Waals surface area contributed by atoms with Crippen molar-refractivity contribution in [3.63, 3.8) is 0 Å². The molecule has 176 valence electrons. The molecule has 35 heavy (non-hydrogen) atoms. The third-order valence-electron chi connectivity index (χ3n) is 5.11. The molecule has 0 unspecified atom stereocenters. The third kappa shape index (κ3) is 5.56. The maximum Gasteiger partial charge on any atom is 0.292 e. The van der Waals surface area contributed by atoms with Crippen molar-refractivity contribution in [3.8, 4) is 28.3 Å². The lowest BCUT2D eigenvalue weighted by molar-refractivity contribution is 0.0949. The zero-order valence-corrected chi connectivity index (χ0v) is 19.7. The molecule has 0 spiro atoms. The number of carbonyl (C=O) groups is 1. The summed E-state index contributed by atoms with van der Waals surface area (Å²) in [4.78, 5) is 26.1. The predicted molar refractivity (Wildman–Crippen MR) is 135 cm³/mol. The third-order valence-corrected chi connectivity index (χ3v) is 5.37. The number of methoxy groups -OCH3 is 2. The molecule has 1 amide bonds. The predicted octanol–water partition coefficient (Wildman–Crippen LogP) is 4.33. The van der Waals surface area contributed by atoms with Gasteiger partial charge in [-0.25, -0.2) is 5.43 Å². The van der Waals surface area contributed by atoms with E-state index in [2.05, 4.69) is 15.6 Å². The Morgan fingerprint density at radius 3 is 2.14 bits per heavy atom. The summed E-state index contributed by atoms with van der Waals surface area (Å²) in [5, 5.41) is 9.01. The quantitative estimate of drug-likeness (QED) is 0.308. The van der Waals surface area contributed by atoms with E-state index in [4.69, 9.17) is 21.1 Å². The molecule has 0 aliphatic rings. The van der Waals surface area contributed by atoms with Crippen LogP contribution >= 0.6 is 11.6 Å². The Morgan fingerprint density at radius 1 is 0.943 bits per heavy atom. The molecule has 0 saturated carbocycles. The van der Waals surface area contributed by atoms with Gasteiger partial charge in [0.15, 0.2) is 5.69 Å². The number of hydrogen-bond donors (Lipinski definition) is 1. The zero-order valence-electron chi connectivity index (χ0n) is 18.9. The smallest absolute Gasteiger partial charge is 0.292 e. The summed E-state index contributed by atoms with van der Waals surface area (Å²) in [5.74, 6) is 0.696. The molecule has 8 nitrogen and oxygen atoms in total. The molecule has 0 saturated heterocycles. The number of ether oxygens (including phenoxy) is 2. The van der Waals surface area contributed by atoms with Crippen molar-refractivity contribution in [2.45, 2.75) is 0 Å².